The first-order chi connectivity index (χ1) is 12.8. The lowest BCUT2D eigenvalue weighted by Gasteiger charge is -2.34. The summed E-state index contributed by atoms with van der Waals surface area (Å²) in [4.78, 5) is 11.3. The van der Waals surface area contributed by atoms with Gasteiger partial charge in [-0.25, -0.2) is 4.99 Å². The van der Waals surface area contributed by atoms with Gasteiger partial charge in [-0.1, -0.05) is 6.07 Å². The molecule has 1 atom stereocenters. The highest BCUT2D eigenvalue weighted by molar-refractivity contribution is 7.12. The molecule has 5 nitrogen and oxygen atoms in total. The molecule has 3 heterocycles. The fourth-order valence-electron chi connectivity index (χ4n) is 3.03. The second-order valence-corrected chi connectivity index (χ2v) is 8.62. The zero-order chi connectivity index (χ0) is 18.2. The van der Waals surface area contributed by atoms with E-state index in [2.05, 4.69) is 59.0 Å². The molecule has 0 radical (unpaired) electrons. The van der Waals surface area contributed by atoms with E-state index < -0.39 is 0 Å². The third-order valence-corrected chi connectivity index (χ3v) is 6.32. The standard InChI is InChI=1S/C19H28N4OS2/c1-3-20-19(21-13-16-5-4-12-25-16)22-14-17(18-7-6-15(2)26-18)23-8-10-24-11-9-23/h4-7,12,17H,3,8-11,13-14H2,1-2H3,(H2,20,21,22). The van der Waals surface area contributed by atoms with Gasteiger partial charge in [0.15, 0.2) is 5.96 Å². The Morgan fingerprint density at radius 2 is 2.12 bits per heavy atom. The molecule has 2 N–H and O–H groups in total. The summed E-state index contributed by atoms with van der Waals surface area (Å²) >= 11 is 3.63. The monoisotopic (exact) mass is 392 g/mol. The second-order valence-electron chi connectivity index (χ2n) is 6.27. The molecular formula is C19H28N4OS2. The number of aliphatic imine (C=N–C) groups is 1. The average Bonchev–Trinajstić information content (AvgIpc) is 3.32. The highest BCUT2D eigenvalue weighted by Gasteiger charge is 2.24. The molecule has 0 aliphatic carbocycles. The summed E-state index contributed by atoms with van der Waals surface area (Å²) in [5.74, 6) is 0.882. The average molecular weight is 393 g/mol. The number of thiophene rings is 2. The van der Waals surface area contributed by atoms with Gasteiger partial charge in [0.25, 0.3) is 0 Å². The SMILES string of the molecule is CCNC(=NCc1cccs1)NCC(c1ccc(C)s1)N1CCOCC1. The molecule has 3 rings (SSSR count). The maximum Gasteiger partial charge on any atom is 0.191 e. The van der Waals surface area contributed by atoms with E-state index in [0.29, 0.717) is 12.6 Å². The molecule has 1 fully saturated rings. The quantitative estimate of drug-likeness (QED) is 0.561. The maximum absolute atomic E-state index is 5.54. The predicted octanol–water partition coefficient (Wildman–Crippen LogP) is 3.25. The van der Waals surface area contributed by atoms with Crippen molar-refractivity contribution < 1.29 is 4.74 Å². The summed E-state index contributed by atoms with van der Waals surface area (Å²) in [7, 11) is 0. The Morgan fingerprint density at radius 3 is 2.77 bits per heavy atom. The molecule has 0 aromatic carbocycles. The highest BCUT2D eigenvalue weighted by Crippen LogP contribution is 2.27. The third-order valence-electron chi connectivity index (χ3n) is 4.36. The van der Waals surface area contributed by atoms with Crippen molar-refractivity contribution in [2.24, 2.45) is 4.99 Å². The first-order valence-corrected chi connectivity index (χ1v) is 10.9. The van der Waals surface area contributed by atoms with Gasteiger partial charge in [-0.05, 0) is 37.4 Å². The molecule has 1 unspecified atom stereocenters. The second kappa shape index (κ2) is 10.1. The zero-order valence-electron chi connectivity index (χ0n) is 15.5. The van der Waals surface area contributed by atoms with Gasteiger partial charge in [0.1, 0.15) is 0 Å². The lowest BCUT2D eigenvalue weighted by molar-refractivity contribution is 0.0177. The van der Waals surface area contributed by atoms with Crippen LogP contribution in [0.2, 0.25) is 0 Å². The molecular weight excluding hydrogens is 364 g/mol. The van der Waals surface area contributed by atoms with Gasteiger partial charge in [-0.3, -0.25) is 4.90 Å². The van der Waals surface area contributed by atoms with E-state index in [4.69, 9.17) is 9.73 Å². The van der Waals surface area contributed by atoms with Crippen LogP contribution in [0.4, 0.5) is 0 Å². The molecule has 1 aliphatic heterocycles. The Hall–Kier alpha value is -1.41. The van der Waals surface area contributed by atoms with E-state index in [9.17, 15) is 0 Å². The Kier molecular flexibility index (Phi) is 7.49. The molecule has 0 spiro atoms. The summed E-state index contributed by atoms with van der Waals surface area (Å²) in [6.45, 7) is 10.3. The molecule has 2 aromatic rings. The molecule has 0 bridgehead atoms. The Morgan fingerprint density at radius 1 is 1.27 bits per heavy atom. The molecule has 2 aromatic heterocycles. The minimum atomic E-state index is 0.350. The number of nitrogens with zero attached hydrogens (tertiary/aromatic N) is 2. The van der Waals surface area contributed by atoms with Crippen molar-refractivity contribution in [3.05, 3.63) is 44.3 Å². The summed E-state index contributed by atoms with van der Waals surface area (Å²) in [6, 6.07) is 9.02. The van der Waals surface area contributed by atoms with E-state index in [1.807, 2.05) is 11.3 Å². The number of ether oxygens (including phenoxy) is 1. The van der Waals surface area contributed by atoms with Gasteiger partial charge in [0.05, 0.1) is 25.8 Å². The van der Waals surface area contributed by atoms with Crippen LogP contribution < -0.4 is 10.6 Å². The van der Waals surface area contributed by atoms with Crippen LogP contribution in [-0.4, -0.2) is 50.3 Å². The lowest BCUT2D eigenvalue weighted by atomic mass is 10.2. The molecule has 7 heteroatoms. The van der Waals surface area contributed by atoms with Crippen molar-refractivity contribution in [2.45, 2.75) is 26.4 Å². The number of nitrogens with one attached hydrogen (secondary N) is 2. The van der Waals surface area contributed by atoms with Gasteiger partial charge in [0, 0.05) is 40.8 Å². The van der Waals surface area contributed by atoms with Gasteiger partial charge in [-0.15, -0.1) is 22.7 Å². The smallest absolute Gasteiger partial charge is 0.191 e. The maximum atomic E-state index is 5.54. The summed E-state index contributed by atoms with van der Waals surface area (Å²) in [5.41, 5.74) is 0. The number of hydrogen-bond donors (Lipinski definition) is 2. The summed E-state index contributed by atoms with van der Waals surface area (Å²) < 4.78 is 5.54. The molecule has 26 heavy (non-hydrogen) atoms. The highest BCUT2D eigenvalue weighted by atomic mass is 32.1. The van der Waals surface area contributed by atoms with Gasteiger partial charge < -0.3 is 15.4 Å². The Bertz CT molecular complexity index is 678. The minimum absolute atomic E-state index is 0.350. The van der Waals surface area contributed by atoms with Crippen molar-refractivity contribution in [1.82, 2.24) is 15.5 Å². The van der Waals surface area contributed by atoms with Crippen LogP contribution in [0, 0.1) is 6.92 Å². The summed E-state index contributed by atoms with van der Waals surface area (Å²) in [5, 5.41) is 9.02. The molecule has 0 saturated carbocycles. The van der Waals surface area contributed by atoms with E-state index in [-0.39, 0.29) is 0 Å². The van der Waals surface area contributed by atoms with Crippen molar-refractivity contribution in [3.8, 4) is 0 Å². The number of rotatable bonds is 7. The largest absolute Gasteiger partial charge is 0.379 e. The van der Waals surface area contributed by atoms with E-state index in [1.54, 1.807) is 11.3 Å². The van der Waals surface area contributed by atoms with Crippen molar-refractivity contribution in [2.75, 3.05) is 39.4 Å². The Labute approximate surface area is 164 Å². The van der Waals surface area contributed by atoms with Crippen molar-refractivity contribution >= 4 is 28.6 Å². The molecule has 142 valence electrons. The summed E-state index contributed by atoms with van der Waals surface area (Å²) in [6.07, 6.45) is 0. The molecule has 1 aliphatic rings. The Balaban J connectivity index is 1.66. The van der Waals surface area contributed by atoms with Crippen LogP contribution in [0.15, 0.2) is 34.6 Å². The fourth-order valence-corrected chi connectivity index (χ4v) is 4.67. The van der Waals surface area contributed by atoms with Crippen molar-refractivity contribution in [3.63, 3.8) is 0 Å². The van der Waals surface area contributed by atoms with Gasteiger partial charge in [0.2, 0.25) is 0 Å². The number of guanidine groups is 1. The van der Waals surface area contributed by atoms with Crippen LogP contribution >= 0.6 is 22.7 Å². The van der Waals surface area contributed by atoms with Gasteiger partial charge >= 0.3 is 0 Å². The topological polar surface area (TPSA) is 48.9 Å². The van der Waals surface area contributed by atoms with Crippen LogP contribution in [0.25, 0.3) is 0 Å². The fraction of sp³-hybridized carbons (Fsp3) is 0.526. The van der Waals surface area contributed by atoms with Crippen LogP contribution in [0.1, 0.15) is 27.6 Å². The van der Waals surface area contributed by atoms with Crippen LogP contribution in [0.5, 0.6) is 0 Å². The number of aryl methyl sites for hydroxylation is 1. The zero-order valence-corrected chi connectivity index (χ0v) is 17.2. The van der Waals surface area contributed by atoms with Crippen LogP contribution in [-0.2, 0) is 11.3 Å². The number of morpholine rings is 1. The first kappa shape index (κ1) is 19.4. The van der Waals surface area contributed by atoms with Crippen LogP contribution in [0.3, 0.4) is 0 Å². The first-order valence-electron chi connectivity index (χ1n) is 9.19. The molecule has 1 saturated heterocycles. The van der Waals surface area contributed by atoms with Gasteiger partial charge in [-0.2, -0.15) is 0 Å². The lowest BCUT2D eigenvalue weighted by Crippen LogP contribution is -2.46. The minimum Gasteiger partial charge on any atom is -0.379 e. The predicted molar refractivity (Wildman–Crippen MR) is 111 cm³/mol. The molecule has 0 amide bonds. The van der Waals surface area contributed by atoms with Crippen molar-refractivity contribution in [1.29, 1.82) is 0 Å². The third kappa shape index (κ3) is 5.54. The number of hydrogen-bond acceptors (Lipinski definition) is 5. The van der Waals surface area contributed by atoms with E-state index in [1.165, 1.54) is 14.6 Å². The van der Waals surface area contributed by atoms with E-state index >= 15 is 0 Å². The normalized spacial score (nSPS) is 17.2. The van der Waals surface area contributed by atoms with E-state index in [0.717, 1.165) is 45.4 Å².